The topological polar surface area (TPSA) is 17.1 Å². The average Bonchev–Trinajstić information content (AvgIpc) is 2.19. The molecule has 0 radical (unpaired) electrons. The Kier molecular flexibility index (Phi) is 3.76. The summed E-state index contributed by atoms with van der Waals surface area (Å²) in [7, 11) is 0. The van der Waals surface area contributed by atoms with Crippen molar-refractivity contribution in [2.24, 2.45) is 0 Å². The highest BCUT2D eigenvalue weighted by molar-refractivity contribution is 7.99. The van der Waals surface area contributed by atoms with Crippen LogP contribution < -0.4 is 0 Å². The monoisotopic (exact) mass is 208 g/mol. The first kappa shape index (κ1) is 11.3. The molecule has 0 aliphatic carbocycles. The molecule has 0 heterocycles. The number of rotatable bonds is 4. The van der Waals surface area contributed by atoms with Crippen LogP contribution in [-0.2, 0) is 10.2 Å². The molecule has 0 bridgehead atoms. The summed E-state index contributed by atoms with van der Waals surface area (Å²) in [6.07, 6.45) is 1.00. The van der Waals surface area contributed by atoms with Crippen molar-refractivity contribution in [1.82, 2.24) is 0 Å². The number of carbonyl (C=O) groups excluding carboxylic acids is 1. The van der Waals surface area contributed by atoms with Gasteiger partial charge in [-0.15, -0.1) is 11.8 Å². The maximum atomic E-state index is 10.9. The minimum absolute atomic E-state index is 0.371. The average molecular weight is 208 g/mol. The molecule has 0 aliphatic rings. The Morgan fingerprint density at radius 1 is 1.43 bits per heavy atom. The van der Waals surface area contributed by atoms with Gasteiger partial charge in [-0.05, 0) is 37.3 Å². The molecular weight excluding hydrogens is 192 g/mol. The second-order valence-corrected chi connectivity index (χ2v) is 5.14. The fourth-order valence-corrected chi connectivity index (χ4v) is 1.94. The van der Waals surface area contributed by atoms with E-state index in [9.17, 15) is 4.79 Å². The van der Waals surface area contributed by atoms with E-state index in [1.54, 1.807) is 11.8 Å². The van der Waals surface area contributed by atoms with Gasteiger partial charge in [0.2, 0.25) is 0 Å². The molecule has 0 unspecified atom stereocenters. The molecule has 0 fully saturated rings. The molecule has 0 aliphatic heterocycles. The molecule has 1 aromatic rings. The molecule has 2 heteroatoms. The highest BCUT2D eigenvalue weighted by atomic mass is 32.2. The highest BCUT2D eigenvalue weighted by Crippen LogP contribution is 2.25. The standard InChI is InChI=1S/C12H16OS/c1-4-14-11-7-5-6-10(8-11)12(2,3)9-13/h5-9H,4H2,1-3H3. The van der Waals surface area contributed by atoms with Gasteiger partial charge >= 0.3 is 0 Å². The van der Waals surface area contributed by atoms with Crippen LogP contribution in [0.3, 0.4) is 0 Å². The maximum Gasteiger partial charge on any atom is 0.129 e. The Labute approximate surface area is 89.9 Å². The van der Waals surface area contributed by atoms with E-state index in [-0.39, 0.29) is 5.41 Å². The number of hydrogen-bond donors (Lipinski definition) is 0. The molecule has 0 saturated heterocycles. The van der Waals surface area contributed by atoms with Crippen molar-refractivity contribution < 1.29 is 4.79 Å². The van der Waals surface area contributed by atoms with E-state index >= 15 is 0 Å². The lowest BCUT2D eigenvalue weighted by molar-refractivity contribution is -0.111. The SMILES string of the molecule is CCSc1cccc(C(C)(C)C=O)c1. The zero-order valence-electron chi connectivity index (χ0n) is 8.91. The van der Waals surface area contributed by atoms with Gasteiger partial charge in [0, 0.05) is 10.3 Å². The summed E-state index contributed by atoms with van der Waals surface area (Å²) in [6, 6.07) is 8.20. The van der Waals surface area contributed by atoms with Crippen LogP contribution >= 0.6 is 11.8 Å². The third-order valence-electron chi connectivity index (χ3n) is 2.18. The Bertz CT molecular complexity index is 318. The molecule has 0 atom stereocenters. The molecular formula is C12H16OS. The summed E-state index contributed by atoms with van der Waals surface area (Å²) in [5, 5.41) is 0. The van der Waals surface area contributed by atoms with Crippen LogP contribution in [-0.4, -0.2) is 12.0 Å². The Morgan fingerprint density at radius 3 is 2.71 bits per heavy atom. The van der Waals surface area contributed by atoms with Gasteiger partial charge in [0.25, 0.3) is 0 Å². The predicted molar refractivity (Wildman–Crippen MR) is 61.9 cm³/mol. The first-order valence-corrected chi connectivity index (χ1v) is 5.78. The molecule has 0 saturated carbocycles. The van der Waals surface area contributed by atoms with Crippen molar-refractivity contribution in [2.45, 2.75) is 31.1 Å². The number of carbonyl (C=O) groups is 1. The van der Waals surface area contributed by atoms with E-state index in [2.05, 4.69) is 19.1 Å². The summed E-state index contributed by atoms with van der Waals surface area (Å²) >= 11 is 1.80. The van der Waals surface area contributed by atoms with Crippen molar-refractivity contribution >= 4 is 18.0 Å². The van der Waals surface area contributed by atoms with Crippen LogP contribution in [0, 0.1) is 0 Å². The molecule has 76 valence electrons. The van der Waals surface area contributed by atoms with Crippen LogP contribution in [0.4, 0.5) is 0 Å². The van der Waals surface area contributed by atoms with Gasteiger partial charge in [0.1, 0.15) is 6.29 Å². The van der Waals surface area contributed by atoms with Crippen LogP contribution in [0.5, 0.6) is 0 Å². The number of hydrogen-bond acceptors (Lipinski definition) is 2. The van der Waals surface area contributed by atoms with E-state index < -0.39 is 0 Å². The second kappa shape index (κ2) is 4.65. The molecule has 0 N–H and O–H groups in total. The lowest BCUT2D eigenvalue weighted by atomic mass is 9.86. The van der Waals surface area contributed by atoms with Gasteiger partial charge in [0.15, 0.2) is 0 Å². The summed E-state index contributed by atoms with van der Waals surface area (Å²) in [6.45, 7) is 6.01. The van der Waals surface area contributed by atoms with Gasteiger partial charge in [-0.1, -0.05) is 19.1 Å². The first-order valence-electron chi connectivity index (χ1n) is 4.80. The summed E-state index contributed by atoms with van der Waals surface area (Å²) in [5.41, 5.74) is 0.718. The number of thioether (sulfide) groups is 1. The lowest BCUT2D eigenvalue weighted by Crippen LogP contribution is -2.18. The third kappa shape index (κ3) is 2.61. The van der Waals surface area contributed by atoms with Gasteiger partial charge in [-0.3, -0.25) is 0 Å². The highest BCUT2D eigenvalue weighted by Gasteiger charge is 2.19. The largest absolute Gasteiger partial charge is 0.302 e. The maximum absolute atomic E-state index is 10.9. The fraction of sp³-hybridized carbons (Fsp3) is 0.417. The molecule has 0 aromatic heterocycles. The molecule has 14 heavy (non-hydrogen) atoms. The Morgan fingerprint density at radius 2 is 2.14 bits per heavy atom. The van der Waals surface area contributed by atoms with E-state index in [0.29, 0.717) is 0 Å². The smallest absolute Gasteiger partial charge is 0.129 e. The molecule has 0 amide bonds. The fourth-order valence-electron chi connectivity index (χ4n) is 1.22. The Balaban J connectivity index is 2.99. The van der Waals surface area contributed by atoms with Gasteiger partial charge in [-0.25, -0.2) is 0 Å². The van der Waals surface area contributed by atoms with E-state index in [4.69, 9.17) is 0 Å². The summed E-state index contributed by atoms with van der Waals surface area (Å²) in [5.74, 6) is 1.06. The van der Waals surface area contributed by atoms with Crippen molar-refractivity contribution in [3.05, 3.63) is 29.8 Å². The third-order valence-corrected chi connectivity index (χ3v) is 3.06. The lowest BCUT2D eigenvalue weighted by Gasteiger charge is -2.17. The van der Waals surface area contributed by atoms with Crippen molar-refractivity contribution in [3.8, 4) is 0 Å². The zero-order chi connectivity index (χ0) is 10.6. The molecule has 1 nitrogen and oxygen atoms in total. The van der Waals surface area contributed by atoms with Crippen LogP contribution in [0.2, 0.25) is 0 Å². The van der Waals surface area contributed by atoms with Crippen LogP contribution in [0.1, 0.15) is 26.3 Å². The summed E-state index contributed by atoms with van der Waals surface area (Å²) < 4.78 is 0. The van der Waals surface area contributed by atoms with E-state index in [0.717, 1.165) is 17.6 Å². The minimum Gasteiger partial charge on any atom is -0.302 e. The molecule has 1 rings (SSSR count). The van der Waals surface area contributed by atoms with Crippen LogP contribution in [0.15, 0.2) is 29.2 Å². The molecule has 1 aromatic carbocycles. The normalized spacial score (nSPS) is 11.4. The number of aldehydes is 1. The van der Waals surface area contributed by atoms with Gasteiger partial charge in [0.05, 0.1) is 0 Å². The van der Waals surface area contributed by atoms with E-state index in [1.165, 1.54) is 4.90 Å². The Hall–Kier alpha value is -0.760. The summed E-state index contributed by atoms with van der Waals surface area (Å²) in [4.78, 5) is 12.1. The van der Waals surface area contributed by atoms with Crippen LogP contribution in [0.25, 0.3) is 0 Å². The van der Waals surface area contributed by atoms with Gasteiger partial charge in [-0.2, -0.15) is 0 Å². The van der Waals surface area contributed by atoms with Crippen molar-refractivity contribution in [3.63, 3.8) is 0 Å². The zero-order valence-corrected chi connectivity index (χ0v) is 9.73. The van der Waals surface area contributed by atoms with E-state index in [1.807, 2.05) is 26.0 Å². The van der Waals surface area contributed by atoms with Crippen molar-refractivity contribution in [2.75, 3.05) is 5.75 Å². The predicted octanol–water partition coefficient (Wildman–Crippen LogP) is 3.28. The van der Waals surface area contributed by atoms with Crippen molar-refractivity contribution in [1.29, 1.82) is 0 Å². The first-order chi connectivity index (χ1) is 6.60. The minimum atomic E-state index is -0.371. The quantitative estimate of drug-likeness (QED) is 0.558. The molecule has 0 spiro atoms. The second-order valence-electron chi connectivity index (χ2n) is 3.80. The number of benzene rings is 1. The van der Waals surface area contributed by atoms with Gasteiger partial charge < -0.3 is 4.79 Å².